The number of alkyl halides is 6. The third kappa shape index (κ3) is 6.24. The summed E-state index contributed by atoms with van der Waals surface area (Å²) in [7, 11) is -1.48. The average Bonchev–Trinajstić information content (AvgIpc) is 2.60. The standard InChI is InChI=1S/C15H16F6N6OS/c1-7(14(16,17)18)22-12-25-11(9-5-4-6-10(24-9)29(3)28)26-13(27-12)23-8(2)15(19,20)21/h4-8H,1-3H3,(H2,22,23,25,26,27). The lowest BCUT2D eigenvalue weighted by Crippen LogP contribution is -2.35. The molecule has 0 aliphatic heterocycles. The summed E-state index contributed by atoms with van der Waals surface area (Å²) in [6, 6.07) is 0.122. The second-order valence-electron chi connectivity index (χ2n) is 5.94. The van der Waals surface area contributed by atoms with Gasteiger partial charge in [-0.2, -0.15) is 41.3 Å². The van der Waals surface area contributed by atoms with Gasteiger partial charge in [-0.3, -0.25) is 4.21 Å². The van der Waals surface area contributed by atoms with Crippen molar-refractivity contribution in [3.63, 3.8) is 0 Å². The van der Waals surface area contributed by atoms with Crippen LogP contribution in [0, 0.1) is 0 Å². The maximum atomic E-state index is 12.8. The first-order chi connectivity index (χ1) is 13.3. The SMILES string of the molecule is CC(Nc1nc(NC(C)C(F)(F)F)nc(-c2cccc(S(C)=O)n2)n1)C(F)(F)F. The van der Waals surface area contributed by atoms with Crippen LogP contribution in [0.5, 0.6) is 0 Å². The van der Waals surface area contributed by atoms with E-state index in [2.05, 4.69) is 19.9 Å². The van der Waals surface area contributed by atoms with E-state index in [4.69, 9.17) is 0 Å². The average molecular weight is 442 g/mol. The van der Waals surface area contributed by atoms with Gasteiger partial charge in [-0.05, 0) is 26.0 Å². The van der Waals surface area contributed by atoms with Crippen molar-refractivity contribution in [1.29, 1.82) is 0 Å². The molecule has 3 atom stereocenters. The monoisotopic (exact) mass is 442 g/mol. The molecule has 0 amide bonds. The van der Waals surface area contributed by atoms with E-state index >= 15 is 0 Å². The number of pyridine rings is 1. The van der Waals surface area contributed by atoms with Gasteiger partial charge in [-0.15, -0.1) is 0 Å². The molecule has 0 aliphatic rings. The van der Waals surface area contributed by atoms with Gasteiger partial charge >= 0.3 is 12.4 Å². The van der Waals surface area contributed by atoms with Gasteiger partial charge in [0.05, 0.1) is 10.8 Å². The molecule has 2 N–H and O–H groups in total. The third-order valence-corrected chi connectivity index (χ3v) is 4.37. The van der Waals surface area contributed by atoms with E-state index in [1.165, 1.54) is 24.5 Å². The highest BCUT2D eigenvalue weighted by molar-refractivity contribution is 7.84. The summed E-state index contributed by atoms with van der Waals surface area (Å²) >= 11 is 0. The summed E-state index contributed by atoms with van der Waals surface area (Å²) in [5.41, 5.74) is 0.00511. The Morgan fingerprint density at radius 1 is 0.862 bits per heavy atom. The summed E-state index contributed by atoms with van der Waals surface area (Å²) in [6.07, 6.45) is -7.93. The molecule has 0 aromatic carbocycles. The first-order valence-electron chi connectivity index (χ1n) is 8.01. The van der Waals surface area contributed by atoms with E-state index in [0.717, 1.165) is 13.8 Å². The molecular weight excluding hydrogens is 426 g/mol. The lowest BCUT2D eigenvalue weighted by Gasteiger charge is -2.20. The second-order valence-corrected chi connectivity index (χ2v) is 7.26. The zero-order valence-corrected chi connectivity index (χ0v) is 16.1. The van der Waals surface area contributed by atoms with Gasteiger partial charge < -0.3 is 10.6 Å². The molecule has 14 heteroatoms. The minimum Gasteiger partial charge on any atom is -0.343 e. The molecule has 0 saturated carbocycles. The fraction of sp³-hybridized carbons (Fsp3) is 0.467. The van der Waals surface area contributed by atoms with Crippen LogP contribution in [0.3, 0.4) is 0 Å². The van der Waals surface area contributed by atoms with Crippen LogP contribution in [0.25, 0.3) is 11.5 Å². The van der Waals surface area contributed by atoms with Crippen LogP contribution in [0.2, 0.25) is 0 Å². The fourth-order valence-electron chi connectivity index (χ4n) is 1.87. The number of nitrogens with one attached hydrogen (secondary N) is 2. The van der Waals surface area contributed by atoms with Crippen LogP contribution in [-0.4, -0.2) is 54.8 Å². The van der Waals surface area contributed by atoms with Crippen LogP contribution in [0.1, 0.15) is 13.8 Å². The summed E-state index contributed by atoms with van der Waals surface area (Å²) in [6.45, 7) is 1.60. The molecule has 29 heavy (non-hydrogen) atoms. The van der Waals surface area contributed by atoms with Crippen molar-refractivity contribution in [2.45, 2.75) is 43.3 Å². The zero-order valence-electron chi connectivity index (χ0n) is 15.3. The van der Waals surface area contributed by atoms with Crippen molar-refractivity contribution in [1.82, 2.24) is 19.9 Å². The Kier molecular flexibility index (Phi) is 6.65. The molecule has 3 unspecified atom stereocenters. The molecule has 0 bridgehead atoms. The Hall–Kier alpha value is -2.51. The van der Waals surface area contributed by atoms with Gasteiger partial charge in [-0.1, -0.05) is 6.07 Å². The molecule has 0 radical (unpaired) electrons. The van der Waals surface area contributed by atoms with E-state index in [0.29, 0.717) is 0 Å². The smallest absolute Gasteiger partial charge is 0.343 e. The van der Waals surface area contributed by atoms with Gasteiger partial charge in [0.2, 0.25) is 11.9 Å². The van der Waals surface area contributed by atoms with Crippen molar-refractivity contribution in [2.75, 3.05) is 16.9 Å². The lowest BCUT2D eigenvalue weighted by atomic mass is 10.3. The number of anilines is 2. The van der Waals surface area contributed by atoms with Gasteiger partial charge in [0, 0.05) is 6.26 Å². The van der Waals surface area contributed by atoms with E-state index in [-0.39, 0.29) is 16.5 Å². The second kappa shape index (κ2) is 8.47. The highest BCUT2D eigenvalue weighted by Gasteiger charge is 2.38. The molecule has 0 saturated heterocycles. The highest BCUT2D eigenvalue weighted by atomic mass is 32.2. The number of nitrogens with zero attached hydrogens (tertiary/aromatic N) is 4. The summed E-state index contributed by atoms with van der Waals surface area (Å²) in [5, 5.41) is 4.11. The number of rotatable bonds is 6. The summed E-state index contributed by atoms with van der Waals surface area (Å²) in [5.74, 6) is -1.48. The van der Waals surface area contributed by atoms with E-state index in [1.807, 2.05) is 10.6 Å². The largest absolute Gasteiger partial charge is 0.408 e. The number of aromatic nitrogens is 4. The van der Waals surface area contributed by atoms with Gasteiger partial charge in [0.1, 0.15) is 22.8 Å². The topological polar surface area (TPSA) is 92.7 Å². The van der Waals surface area contributed by atoms with Gasteiger partial charge in [0.25, 0.3) is 0 Å². The maximum Gasteiger partial charge on any atom is 0.408 e. The first kappa shape index (κ1) is 22.8. The Morgan fingerprint density at radius 3 is 1.76 bits per heavy atom. The van der Waals surface area contributed by atoms with Crippen molar-refractivity contribution in [2.24, 2.45) is 0 Å². The molecule has 2 heterocycles. The molecule has 160 valence electrons. The Balaban J connectivity index is 2.49. The lowest BCUT2D eigenvalue weighted by molar-refractivity contribution is -0.139. The number of hydrogen-bond donors (Lipinski definition) is 2. The predicted octanol–water partition coefficient (Wildman–Crippen LogP) is 3.40. The number of halogens is 6. The van der Waals surface area contributed by atoms with Gasteiger partial charge in [0.15, 0.2) is 5.82 Å². The normalized spacial score (nSPS) is 15.5. The van der Waals surface area contributed by atoms with Crippen LogP contribution in [0.15, 0.2) is 23.2 Å². The molecule has 7 nitrogen and oxygen atoms in total. The van der Waals surface area contributed by atoms with Gasteiger partial charge in [-0.25, -0.2) is 4.98 Å². The highest BCUT2D eigenvalue weighted by Crippen LogP contribution is 2.26. The van der Waals surface area contributed by atoms with E-state index < -0.39 is 47.1 Å². The third-order valence-electron chi connectivity index (χ3n) is 3.56. The molecule has 0 spiro atoms. The quantitative estimate of drug-likeness (QED) is 0.663. The van der Waals surface area contributed by atoms with Crippen molar-refractivity contribution in [3.8, 4) is 11.5 Å². The van der Waals surface area contributed by atoms with Crippen molar-refractivity contribution < 1.29 is 30.6 Å². The van der Waals surface area contributed by atoms with Crippen LogP contribution < -0.4 is 10.6 Å². The van der Waals surface area contributed by atoms with E-state index in [1.54, 1.807) is 0 Å². The van der Waals surface area contributed by atoms with Crippen LogP contribution in [0.4, 0.5) is 38.2 Å². The summed E-state index contributed by atoms with van der Waals surface area (Å²) < 4.78 is 88.5. The molecule has 0 fully saturated rings. The predicted molar refractivity (Wildman–Crippen MR) is 93.7 cm³/mol. The fourth-order valence-corrected chi connectivity index (χ4v) is 2.37. The van der Waals surface area contributed by atoms with E-state index in [9.17, 15) is 30.6 Å². The maximum absolute atomic E-state index is 12.8. The molecule has 2 aromatic rings. The van der Waals surface area contributed by atoms with Crippen LogP contribution in [-0.2, 0) is 10.8 Å². The zero-order chi connectivity index (χ0) is 22.0. The van der Waals surface area contributed by atoms with Crippen LogP contribution >= 0.6 is 0 Å². The Labute approximate surface area is 163 Å². The Morgan fingerprint density at radius 2 is 1.34 bits per heavy atom. The molecular formula is C15H16F6N6OS. The summed E-state index contributed by atoms with van der Waals surface area (Å²) in [4.78, 5) is 15.2. The molecule has 0 aliphatic carbocycles. The van der Waals surface area contributed by atoms with Crippen molar-refractivity contribution >= 4 is 22.7 Å². The number of hydrogen-bond acceptors (Lipinski definition) is 7. The minimum absolute atomic E-state index is 0.00511. The Bertz CT molecular complexity index is 850. The molecule has 2 rings (SSSR count). The minimum atomic E-state index is -4.64. The molecule has 2 aromatic heterocycles. The van der Waals surface area contributed by atoms with Crippen molar-refractivity contribution in [3.05, 3.63) is 18.2 Å². The first-order valence-corrected chi connectivity index (χ1v) is 9.56.